The molecule has 0 aromatic rings. The molecule has 1 atom stereocenters. The number of halogens is 2. The van der Waals surface area contributed by atoms with Gasteiger partial charge in [0.1, 0.15) is 10.1 Å². The van der Waals surface area contributed by atoms with Crippen molar-refractivity contribution in [3.63, 3.8) is 0 Å². The minimum Gasteiger partial charge on any atom is -0.479 e. The van der Waals surface area contributed by atoms with Crippen molar-refractivity contribution in [2.45, 2.75) is 23.8 Å². The van der Waals surface area contributed by atoms with Crippen LogP contribution in [-0.4, -0.2) is 21.5 Å². The Hall–Kier alpha value is -0.670. The summed E-state index contributed by atoms with van der Waals surface area (Å²) in [5, 5.41) is 8.59. The van der Waals surface area contributed by atoms with E-state index in [9.17, 15) is 4.79 Å². The molecule has 14 heavy (non-hydrogen) atoms. The summed E-state index contributed by atoms with van der Waals surface area (Å²) in [5.41, 5.74) is 0. The second kappa shape index (κ2) is 4.24. The minimum atomic E-state index is -1.01. The quantitative estimate of drug-likeness (QED) is 0.767. The molecule has 1 aliphatic rings. The van der Waals surface area contributed by atoms with Crippen LogP contribution in [0.5, 0.6) is 0 Å². The first-order chi connectivity index (χ1) is 6.41. The second-order valence-electron chi connectivity index (χ2n) is 3.00. The molecule has 1 rings (SSSR count). The summed E-state index contributed by atoms with van der Waals surface area (Å²) in [6.45, 7) is 1.46. The zero-order chi connectivity index (χ0) is 10.8. The van der Waals surface area contributed by atoms with Gasteiger partial charge in [0.2, 0.25) is 0 Å². The van der Waals surface area contributed by atoms with Gasteiger partial charge in [-0.2, -0.15) is 0 Å². The average molecular weight is 237 g/mol. The summed E-state index contributed by atoms with van der Waals surface area (Å²) >= 11 is 11.6. The van der Waals surface area contributed by atoms with Gasteiger partial charge >= 0.3 is 5.97 Å². The van der Waals surface area contributed by atoms with Crippen LogP contribution in [0.4, 0.5) is 0 Å². The summed E-state index contributed by atoms with van der Waals surface area (Å²) in [5.74, 6) is -0.523. The number of rotatable bonds is 3. The Morgan fingerprint density at radius 2 is 2.36 bits per heavy atom. The van der Waals surface area contributed by atoms with Gasteiger partial charge in [0.25, 0.3) is 0 Å². The maximum Gasteiger partial charge on any atom is 0.344 e. The molecule has 0 aromatic carbocycles. The van der Waals surface area contributed by atoms with Crippen LogP contribution in [0.1, 0.15) is 13.3 Å². The van der Waals surface area contributed by atoms with Crippen LogP contribution in [-0.2, 0) is 9.53 Å². The van der Waals surface area contributed by atoms with Crippen molar-refractivity contribution < 1.29 is 14.6 Å². The van der Waals surface area contributed by atoms with Gasteiger partial charge in [0.15, 0.2) is 6.10 Å². The summed E-state index contributed by atoms with van der Waals surface area (Å²) in [4.78, 5) is 10.5. The van der Waals surface area contributed by atoms with E-state index < -0.39 is 16.4 Å². The molecule has 1 unspecified atom stereocenters. The van der Waals surface area contributed by atoms with Gasteiger partial charge in [-0.15, -0.1) is 0 Å². The number of alkyl halides is 2. The molecule has 1 aliphatic carbocycles. The van der Waals surface area contributed by atoms with Gasteiger partial charge in [0.05, 0.1) is 0 Å². The van der Waals surface area contributed by atoms with Crippen molar-refractivity contribution in [3.8, 4) is 0 Å². The molecule has 0 saturated carbocycles. The molecule has 3 nitrogen and oxygen atoms in total. The molecule has 0 fully saturated rings. The van der Waals surface area contributed by atoms with Crippen LogP contribution in [0.25, 0.3) is 0 Å². The number of carboxylic acid groups (broad SMARTS) is 1. The minimum absolute atomic E-state index is 0.411. The van der Waals surface area contributed by atoms with Gasteiger partial charge in [-0.25, -0.2) is 4.79 Å². The molecule has 5 heteroatoms. The number of ether oxygens (including phenoxy) is 1. The van der Waals surface area contributed by atoms with E-state index in [1.165, 1.54) is 6.92 Å². The third-order valence-electron chi connectivity index (χ3n) is 1.73. The molecule has 0 aliphatic heterocycles. The first kappa shape index (κ1) is 11.4. The molecule has 0 aromatic heterocycles. The van der Waals surface area contributed by atoms with Gasteiger partial charge in [-0.3, -0.25) is 0 Å². The maximum atomic E-state index is 10.5. The molecule has 1 N–H and O–H groups in total. The fourth-order valence-electron chi connectivity index (χ4n) is 0.919. The number of allylic oxidation sites excluding steroid dienone is 3. The maximum absolute atomic E-state index is 10.5. The van der Waals surface area contributed by atoms with Crippen LogP contribution >= 0.6 is 23.2 Å². The van der Waals surface area contributed by atoms with Gasteiger partial charge < -0.3 is 9.84 Å². The Labute approximate surface area is 91.9 Å². The summed E-state index contributed by atoms with van der Waals surface area (Å²) < 4.78 is 4.20. The zero-order valence-corrected chi connectivity index (χ0v) is 9.05. The van der Waals surface area contributed by atoms with Crippen molar-refractivity contribution in [2.24, 2.45) is 0 Å². The first-order valence-corrected chi connectivity index (χ1v) is 4.83. The molecular weight excluding hydrogens is 227 g/mol. The van der Waals surface area contributed by atoms with Gasteiger partial charge in [0, 0.05) is 6.42 Å². The first-order valence-electron chi connectivity index (χ1n) is 4.07. The van der Waals surface area contributed by atoms with E-state index in [-0.39, 0.29) is 0 Å². The molecule has 0 radical (unpaired) electrons. The molecule has 78 valence electrons. The highest BCUT2D eigenvalue weighted by molar-refractivity contribution is 6.50. The number of aliphatic carboxylic acids is 1. The summed E-state index contributed by atoms with van der Waals surface area (Å²) in [6, 6.07) is 0. The molecule has 0 amide bonds. The third kappa shape index (κ3) is 3.24. The van der Waals surface area contributed by atoms with Crippen molar-refractivity contribution in [3.05, 3.63) is 24.0 Å². The van der Waals surface area contributed by atoms with E-state index in [0.717, 1.165) is 0 Å². The van der Waals surface area contributed by atoms with Crippen LogP contribution in [0.3, 0.4) is 0 Å². The third-order valence-corrected chi connectivity index (χ3v) is 2.29. The largest absolute Gasteiger partial charge is 0.479 e. The Morgan fingerprint density at radius 3 is 2.79 bits per heavy atom. The Balaban J connectivity index is 2.54. The van der Waals surface area contributed by atoms with Crippen LogP contribution in [0.15, 0.2) is 24.0 Å². The topological polar surface area (TPSA) is 46.5 Å². The lowest BCUT2D eigenvalue weighted by Gasteiger charge is -2.19. The summed E-state index contributed by atoms with van der Waals surface area (Å²) in [7, 11) is 0. The number of carboxylic acids is 1. The van der Waals surface area contributed by atoms with Gasteiger partial charge in [-0.1, -0.05) is 23.2 Å². The van der Waals surface area contributed by atoms with Gasteiger partial charge in [-0.05, 0) is 25.2 Å². The van der Waals surface area contributed by atoms with Crippen molar-refractivity contribution >= 4 is 29.2 Å². The fraction of sp³-hybridized carbons (Fsp3) is 0.444. The fourth-order valence-corrected chi connectivity index (χ4v) is 1.20. The number of hydrogen-bond donors (Lipinski definition) is 1. The second-order valence-corrected chi connectivity index (χ2v) is 4.55. The van der Waals surface area contributed by atoms with E-state index in [2.05, 4.69) is 0 Å². The SMILES string of the molecule is CC(OC1=CCC(Cl)(Cl)C=C1)C(=O)O. The van der Waals surface area contributed by atoms with E-state index in [4.69, 9.17) is 33.0 Å². The van der Waals surface area contributed by atoms with Crippen LogP contribution in [0.2, 0.25) is 0 Å². The molecule has 0 spiro atoms. The number of carbonyl (C=O) groups is 1. The highest BCUT2D eigenvalue weighted by Crippen LogP contribution is 2.32. The predicted molar refractivity (Wildman–Crippen MR) is 54.5 cm³/mol. The number of hydrogen-bond acceptors (Lipinski definition) is 2. The van der Waals surface area contributed by atoms with E-state index in [1.807, 2.05) is 0 Å². The van der Waals surface area contributed by atoms with E-state index >= 15 is 0 Å². The molecule has 0 saturated heterocycles. The van der Waals surface area contributed by atoms with Crippen molar-refractivity contribution in [1.82, 2.24) is 0 Å². The smallest absolute Gasteiger partial charge is 0.344 e. The Kier molecular flexibility index (Phi) is 3.45. The highest BCUT2D eigenvalue weighted by Gasteiger charge is 2.23. The lowest BCUT2D eigenvalue weighted by molar-refractivity contribution is -0.146. The van der Waals surface area contributed by atoms with E-state index in [0.29, 0.717) is 12.2 Å². The monoisotopic (exact) mass is 236 g/mol. The lowest BCUT2D eigenvalue weighted by Crippen LogP contribution is -2.20. The highest BCUT2D eigenvalue weighted by atomic mass is 35.5. The Morgan fingerprint density at radius 1 is 1.71 bits per heavy atom. The Bertz CT molecular complexity index is 294. The molecular formula is C9H10Cl2O3. The standard InChI is InChI=1S/C9H10Cl2O3/c1-6(8(12)13)14-7-2-4-9(10,11)5-3-7/h2-4,6H,5H2,1H3,(H,12,13). The molecule has 0 bridgehead atoms. The lowest BCUT2D eigenvalue weighted by atomic mass is 10.1. The predicted octanol–water partition coefficient (Wildman–Crippen LogP) is 2.49. The van der Waals surface area contributed by atoms with E-state index in [1.54, 1.807) is 18.2 Å². The normalized spacial score (nSPS) is 21.2. The van der Waals surface area contributed by atoms with Crippen LogP contribution in [0, 0.1) is 0 Å². The van der Waals surface area contributed by atoms with Crippen molar-refractivity contribution in [2.75, 3.05) is 0 Å². The molecule has 0 heterocycles. The average Bonchev–Trinajstić information content (AvgIpc) is 2.08. The van der Waals surface area contributed by atoms with Crippen molar-refractivity contribution in [1.29, 1.82) is 0 Å². The van der Waals surface area contributed by atoms with Crippen LogP contribution < -0.4 is 0 Å². The summed E-state index contributed by atoms with van der Waals surface area (Å²) in [6.07, 6.45) is 4.35. The zero-order valence-electron chi connectivity index (χ0n) is 7.54.